The number of pyridine rings is 1. The molecule has 0 radical (unpaired) electrons. The molecule has 1 saturated heterocycles. The average Bonchev–Trinajstić information content (AvgIpc) is 3.27. The molecule has 2 atom stereocenters. The number of likely N-dealkylation sites (tertiary alicyclic amines) is 1. The third kappa shape index (κ3) is 3.17. The molecule has 2 amide bonds. The average molecular weight is 380 g/mol. The summed E-state index contributed by atoms with van der Waals surface area (Å²) >= 11 is 0. The zero-order chi connectivity index (χ0) is 19.8. The first-order valence-corrected chi connectivity index (χ1v) is 9.03. The number of carbonyl (C=O) groups is 2. The summed E-state index contributed by atoms with van der Waals surface area (Å²) in [6.07, 6.45) is 2.90. The first kappa shape index (κ1) is 18.0. The van der Waals surface area contributed by atoms with E-state index in [0.29, 0.717) is 24.5 Å². The molecule has 8 nitrogen and oxygen atoms in total. The summed E-state index contributed by atoms with van der Waals surface area (Å²) in [5.41, 5.74) is 0.0658. The van der Waals surface area contributed by atoms with Gasteiger partial charge in [-0.05, 0) is 31.2 Å². The second-order valence-electron chi connectivity index (χ2n) is 6.98. The largest absolute Gasteiger partial charge is 0.466 e. The number of hydrogen-bond acceptors (Lipinski definition) is 5. The standard InChI is InChI=1S/C20H20N4O4/c1-12-6-7-17(28-12)15-10-23(11-16(15)22-13(2)25)19(26)14-9-21-18-5-3-4-8-24(18)20(14)27/h3-9,15-16H,10-11H2,1-2H3,(H,22,25). The summed E-state index contributed by atoms with van der Waals surface area (Å²) < 4.78 is 7.08. The van der Waals surface area contributed by atoms with E-state index >= 15 is 0 Å². The fraction of sp³-hybridized carbons (Fsp3) is 0.300. The molecule has 1 N–H and O–H groups in total. The molecule has 1 aliphatic rings. The summed E-state index contributed by atoms with van der Waals surface area (Å²) in [4.78, 5) is 43.2. The minimum atomic E-state index is -0.413. The Morgan fingerprint density at radius 2 is 2.04 bits per heavy atom. The lowest BCUT2D eigenvalue weighted by Gasteiger charge is -2.17. The molecule has 4 heterocycles. The molecule has 144 valence electrons. The minimum Gasteiger partial charge on any atom is -0.466 e. The Morgan fingerprint density at radius 1 is 1.21 bits per heavy atom. The van der Waals surface area contributed by atoms with Gasteiger partial charge in [-0.1, -0.05) is 6.07 Å². The van der Waals surface area contributed by atoms with Crippen LogP contribution in [0.25, 0.3) is 5.65 Å². The normalized spacial score (nSPS) is 19.1. The van der Waals surface area contributed by atoms with Crippen LogP contribution >= 0.6 is 0 Å². The van der Waals surface area contributed by atoms with Crippen molar-refractivity contribution in [2.75, 3.05) is 13.1 Å². The van der Waals surface area contributed by atoms with Crippen LogP contribution in [-0.4, -0.2) is 45.2 Å². The topological polar surface area (TPSA) is 96.9 Å². The van der Waals surface area contributed by atoms with Gasteiger partial charge in [0, 0.05) is 32.4 Å². The van der Waals surface area contributed by atoms with Gasteiger partial charge in [0.15, 0.2) is 0 Å². The van der Waals surface area contributed by atoms with Crippen molar-refractivity contribution >= 4 is 17.5 Å². The lowest BCUT2D eigenvalue weighted by molar-refractivity contribution is -0.119. The molecule has 3 aromatic heterocycles. The van der Waals surface area contributed by atoms with Crippen molar-refractivity contribution in [1.82, 2.24) is 19.6 Å². The van der Waals surface area contributed by atoms with E-state index in [9.17, 15) is 14.4 Å². The number of amides is 2. The maximum Gasteiger partial charge on any atom is 0.270 e. The number of fused-ring (bicyclic) bond motifs is 1. The van der Waals surface area contributed by atoms with E-state index in [4.69, 9.17) is 4.42 Å². The Labute approximate surface area is 160 Å². The predicted molar refractivity (Wildman–Crippen MR) is 101 cm³/mol. The zero-order valence-electron chi connectivity index (χ0n) is 15.6. The molecule has 8 heteroatoms. The van der Waals surface area contributed by atoms with Crippen molar-refractivity contribution in [2.45, 2.75) is 25.8 Å². The summed E-state index contributed by atoms with van der Waals surface area (Å²) in [7, 11) is 0. The Bertz CT molecular complexity index is 1120. The number of carbonyl (C=O) groups excluding carboxylic acids is 2. The lowest BCUT2D eigenvalue weighted by Crippen LogP contribution is -2.40. The van der Waals surface area contributed by atoms with Crippen LogP contribution in [0.3, 0.4) is 0 Å². The van der Waals surface area contributed by atoms with Gasteiger partial charge in [0.1, 0.15) is 22.7 Å². The fourth-order valence-corrected chi connectivity index (χ4v) is 3.66. The van der Waals surface area contributed by atoms with Gasteiger partial charge in [-0.15, -0.1) is 0 Å². The number of nitrogens with one attached hydrogen (secondary N) is 1. The number of nitrogens with zero attached hydrogens (tertiary/aromatic N) is 3. The van der Waals surface area contributed by atoms with Gasteiger partial charge in [0.2, 0.25) is 5.91 Å². The Balaban J connectivity index is 1.65. The second kappa shape index (κ2) is 6.95. The van der Waals surface area contributed by atoms with E-state index < -0.39 is 11.5 Å². The van der Waals surface area contributed by atoms with Crippen molar-refractivity contribution in [1.29, 1.82) is 0 Å². The van der Waals surface area contributed by atoms with E-state index in [0.717, 1.165) is 5.76 Å². The summed E-state index contributed by atoms with van der Waals surface area (Å²) in [6.45, 7) is 3.92. The molecule has 4 rings (SSSR count). The van der Waals surface area contributed by atoms with Crippen molar-refractivity contribution in [3.8, 4) is 0 Å². The highest BCUT2D eigenvalue weighted by atomic mass is 16.3. The maximum absolute atomic E-state index is 13.1. The highest BCUT2D eigenvalue weighted by Crippen LogP contribution is 2.29. The second-order valence-corrected chi connectivity index (χ2v) is 6.98. The van der Waals surface area contributed by atoms with Crippen LogP contribution in [0.4, 0.5) is 0 Å². The number of rotatable bonds is 3. The Morgan fingerprint density at radius 3 is 2.75 bits per heavy atom. The quantitative estimate of drug-likeness (QED) is 0.740. The van der Waals surface area contributed by atoms with Gasteiger partial charge in [-0.3, -0.25) is 18.8 Å². The van der Waals surface area contributed by atoms with E-state index in [2.05, 4.69) is 10.3 Å². The van der Waals surface area contributed by atoms with E-state index in [1.54, 1.807) is 29.3 Å². The number of furan rings is 1. The first-order chi connectivity index (χ1) is 13.4. The fourth-order valence-electron chi connectivity index (χ4n) is 3.66. The van der Waals surface area contributed by atoms with Crippen molar-refractivity contribution in [3.63, 3.8) is 0 Å². The third-order valence-corrected chi connectivity index (χ3v) is 4.97. The van der Waals surface area contributed by atoms with Gasteiger partial charge < -0.3 is 14.6 Å². The molecule has 0 bridgehead atoms. The van der Waals surface area contributed by atoms with E-state index in [-0.39, 0.29) is 23.4 Å². The van der Waals surface area contributed by atoms with Crippen molar-refractivity contribution in [3.05, 3.63) is 70.2 Å². The summed E-state index contributed by atoms with van der Waals surface area (Å²) in [5, 5.41) is 2.89. The zero-order valence-corrected chi connectivity index (χ0v) is 15.6. The van der Waals surface area contributed by atoms with Crippen molar-refractivity contribution in [2.24, 2.45) is 0 Å². The van der Waals surface area contributed by atoms with Crippen LogP contribution < -0.4 is 10.9 Å². The van der Waals surface area contributed by atoms with Crippen LogP contribution in [0.1, 0.15) is 34.7 Å². The molecule has 28 heavy (non-hydrogen) atoms. The Hall–Kier alpha value is -3.42. The molecule has 0 saturated carbocycles. The smallest absolute Gasteiger partial charge is 0.270 e. The van der Waals surface area contributed by atoms with Crippen LogP contribution in [-0.2, 0) is 4.79 Å². The van der Waals surface area contributed by atoms with Crippen LogP contribution in [0.15, 0.2) is 51.9 Å². The number of hydrogen-bond donors (Lipinski definition) is 1. The molecule has 2 unspecified atom stereocenters. The van der Waals surface area contributed by atoms with Crippen LogP contribution in [0.2, 0.25) is 0 Å². The van der Waals surface area contributed by atoms with E-state index in [1.165, 1.54) is 17.5 Å². The van der Waals surface area contributed by atoms with Crippen LogP contribution in [0.5, 0.6) is 0 Å². The van der Waals surface area contributed by atoms with E-state index in [1.807, 2.05) is 19.1 Å². The molecule has 0 aliphatic carbocycles. The molecule has 0 aromatic carbocycles. The predicted octanol–water partition coefficient (Wildman–Crippen LogP) is 1.34. The highest BCUT2D eigenvalue weighted by Gasteiger charge is 2.39. The summed E-state index contributed by atoms with van der Waals surface area (Å²) in [6, 6.07) is 8.61. The SMILES string of the molecule is CC(=O)NC1CN(C(=O)c2cnc3ccccn3c2=O)CC1c1ccc(C)o1. The Kier molecular flexibility index (Phi) is 4.46. The lowest BCUT2D eigenvalue weighted by atomic mass is 10.0. The molecule has 3 aromatic rings. The monoisotopic (exact) mass is 380 g/mol. The number of aromatic nitrogens is 2. The third-order valence-electron chi connectivity index (χ3n) is 4.97. The molecular weight excluding hydrogens is 360 g/mol. The molecule has 0 spiro atoms. The molecular formula is C20H20N4O4. The number of aryl methyl sites for hydroxylation is 1. The minimum absolute atomic E-state index is 0.00144. The van der Waals surface area contributed by atoms with Gasteiger partial charge in [0.05, 0.1) is 12.0 Å². The van der Waals surface area contributed by atoms with Gasteiger partial charge in [-0.25, -0.2) is 4.98 Å². The molecule has 1 aliphatic heterocycles. The first-order valence-electron chi connectivity index (χ1n) is 9.03. The van der Waals surface area contributed by atoms with Crippen molar-refractivity contribution < 1.29 is 14.0 Å². The highest BCUT2D eigenvalue weighted by molar-refractivity contribution is 5.94. The summed E-state index contributed by atoms with van der Waals surface area (Å²) in [5.74, 6) is 0.702. The van der Waals surface area contributed by atoms with Gasteiger partial charge >= 0.3 is 0 Å². The van der Waals surface area contributed by atoms with Gasteiger partial charge in [0.25, 0.3) is 11.5 Å². The molecule has 1 fully saturated rings. The van der Waals surface area contributed by atoms with Crippen LogP contribution in [0, 0.1) is 6.92 Å². The van der Waals surface area contributed by atoms with Gasteiger partial charge in [-0.2, -0.15) is 0 Å². The maximum atomic E-state index is 13.1.